The SMILES string of the molecule is CC(C)[C@@H](C)NC(=O)CCOCCOCCOCCOCCC(=O)NCCCCCC(=O)N1Cc2ccccc2/C=C\c2ccccc21. The van der Waals surface area contributed by atoms with Gasteiger partial charge in [-0.3, -0.25) is 14.4 Å². The van der Waals surface area contributed by atoms with E-state index in [1.165, 1.54) is 0 Å². The molecule has 0 spiro atoms. The number of hydrogen-bond acceptors (Lipinski definition) is 7. The number of hydrogen-bond donors (Lipinski definition) is 2. The number of nitrogens with zero attached hydrogens (tertiary/aromatic N) is 1. The third-order valence-electron chi connectivity index (χ3n) is 8.20. The maximum absolute atomic E-state index is 13.3. The van der Waals surface area contributed by atoms with Crippen LogP contribution in [0.1, 0.15) is 76.0 Å². The van der Waals surface area contributed by atoms with Crippen LogP contribution in [0.25, 0.3) is 12.2 Å². The monoisotopic (exact) mass is 665 g/mol. The molecule has 2 aromatic rings. The summed E-state index contributed by atoms with van der Waals surface area (Å²) in [5, 5.41) is 5.89. The van der Waals surface area contributed by atoms with Gasteiger partial charge >= 0.3 is 0 Å². The fourth-order valence-electron chi connectivity index (χ4n) is 4.99. The first kappa shape index (κ1) is 38.9. The number of nitrogens with one attached hydrogen (secondary N) is 2. The molecular formula is C38H55N3O7. The van der Waals surface area contributed by atoms with Crippen molar-refractivity contribution in [1.82, 2.24) is 10.6 Å². The Hall–Kier alpha value is -3.57. The zero-order valence-corrected chi connectivity index (χ0v) is 29.0. The molecule has 48 heavy (non-hydrogen) atoms. The van der Waals surface area contributed by atoms with Crippen molar-refractivity contribution in [3.8, 4) is 0 Å². The van der Waals surface area contributed by atoms with Crippen molar-refractivity contribution in [2.45, 2.75) is 71.9 Å². The minimum atomic E-state index is -0.0442. The second kappa shape index (κ2) is 22.9. The summed E-state index contributed by atoms with van der Waals surface area (Å²) in [4.78, 5) is 39.2. The zero-order chi connectivity index (χ0) is 34.4. The molecular weight excluding hydrogens is 610 g/mol. The molecule has 0 radical (unpaired) electrons. The third-order valence-corrected chi connectivity index (χ3v) is 8.20. The average Bonchev–Trinajstić information content (AvgIpc) is 3.07. The van der Waals surface area contributed by atoms with Crippen molar-refractivity contribution >= 4 is 35.6 Å². The Morgan fingerprint density at radius 2 is 1.23 bits per heavy atom. The lowest BCUT2D eigenvalue weighted by atomic mass is 10.0. The predicted octanol–water partition coefficient (Wildman–Crippen LogP) is 5.39. The predicted molar refractivity (Wildman–Crippen MR) is 189 cm³/mol. The number of carbonyl (C=O) groups is 3. The first-order valence-corrected chi connectivity index (χ1v) is 17.4. The van der Waals surface area contributed by atoms with Gasteiger partial charge in [0.2, 0.25) is 17.7 Å². The molecule has 1 aliphatic rings. The van der Waals surface area contributed by atoms with E-state index < -0.39 is 0 Å². The molecule has 0 fully saturated rings. The second-order valence-electron chi connectivity index (χ2n) is 12.3. The van der Waals surface area contributed by atoms with E-state index in [0.717, 1.165) is 41.6 Å². The molecule has 0 aromatic heterocycles. The fourth-order valence-corrected chi connectivity index (χ4v) is 4.99. The number of amides is 3. The topological polar surface area (TPSA) is 115 Å². The summed E-state index contributed by atoms with van der Waals surface area (Å²) in [6, 6.07) is 16.4. The largest absolute Gasteiger partial charge is 0.379 e. The summed E-state index contributed by atoms with van der Waals surface area (Å²) < 4.78 is 21.9. The molecule has 0 saturated carbocycles. The lowest BCUT2D eigenvalue weighted by Gasteiger charge is -2.27. The molecule has 0 aliphatic carbocycles. The van der Waals surface area contributed by atoms with Crippen molar-refractivity contribution in [3.63, 3.8) is 0 Å². The molecule has 3 amide bonds. The van der Waals surface area contributed by atoms with Crippen LogP contribution in [0.15, 0.2) is 48.5 Å². The quantitative estimate of drug-likeness (QED) is 0.153. The van der Waals surface area contributed by atoms with Gasteiger partial charge < -0.3 is 34.5 Å². The summed E-state index contributed by atoms with van der Waals surface area (Å²) in [7, 11) is 0. The molecule has 10 heteroatoms. The van der Waals surface area contributed by atoms with Gasteiger partial charge in [-0.25, -0.2) is 0 Å². The number of benzene rings is 2. The van der Waals surface area contributed by atoms with Gasteiger partial charge in [-0.15, -0.1) is 0 Å². The number of anilines is 1. The molecule has 10 nitrogen and oxygen atoms in total. The Balaban J connectivity index is 1.13. The smallest absolute Gasteiger partial charge is 0.227 e. The van der Waals surface area contributed by atoms with E-state index in [0.29, 0.717) is 91.1 Å². The Kier molecular flexibility index (Phi) is 18.5. The first-order chi connectivity index (χ1) is 23.3. The zero-order valence-electron chi connectivity index (χ0n) is 29.0. The van der Waals surface area contributed by atoms with Crippen molar-refractivity contribution in [2.75, 3.05) is 64.3 Å². The number of fused-ring (bicyclic) bond motifs is 2. The van der Waals surface area contributed by atoms with Crippen molar-refractivity contribution in [1.29, 1.82) is 0 Å². The van der Waals surface area contributed by atoms with E-state index >= 15 is 0 Å². The van der Waals surface area contributed by atoms with E-state index in [1.807, 2.05) is 48.2 Å². The van der Waals surface area contributed by atoms with E-state index in [2.05, 4.69) is 48.8 Å². The van der Waals surface area contributed by atoms with Crippen LogP contribution in [0.4, 0.5) is 5.69 Å². The average molecular weight is 666 g/mol. The van der Waals surface area contributed by atoms with E-state index in [1.54, 1.807) is 0 Å². The van der Waals surface area contributed by atoms with E-state index in [-0.39, 0.29) is 23.8 Å². The summed E-state index contributed by atoms with van der Waals surface area (Å²) in [5.41, 5.74) is 4.24. The van der Waals surface area contributed by atoms with Gasteiger partial charge in [-0.2, -0.15) is 0 Å². The van der Waals surface area contributed by atoms with Crippen LogP contribution in [0.3, 0.4) is 0 Å². The maximum atomic E-state index is 13.3. The summed E-state index contributed by atoms with van der Waals surface area (Å²) in [5.74, 6) is 0.472. The van der Waals surface area contributed by atoms with Crippen LogP contribution >= 0.6 is 0 Å². The minimum Gasteiger partial charge on any atom is -0.379 e. The molecule has 1 heterocycles. The number of ether oxygens (including phenoxy) is 4. The van der Waals surface area contributed by atoms with Crippen LogP contribution in [-0.4, -0.2) is 83.2 Å². The van der Waals surface area contributed by atoms with Crippen molar-refractivity contribution < 1.29 is 33.3 Å². The van der Waals surface area contributed by atoms with Crippen molar-refractivity contribution in [3.05, 3.63) is 65.2 Å². The minimum absolute atomic E-state index is 0.00125. The first-order valence-electron chi connectivity index (χ1n) is 17.4. The van der Waals surface area contributed by atoms with Gasteiger partial charge in [0.1, 0.15) is 0 Å². The summed E-state index contributed by atoms with van der Waals surface area (Å²) >= 11 is 0. The highest BCUT2D eigenvalue weighted by molar-refractivity contribution is 5.97. The normalized spacial score (nSPS) is 13.6. The highest BCUT2D eigenvalue weighted by Gasteiger charge is 2.20. The molecule has 3 rings (SSSR count). The lowest BCUT2D eigenvalue weighted by molar-refractivity contribution is -0.123. The van der Waals surface area contributed by atoms with Crippen molar-refractivity contribution in [2.24, 2.45) is 5.92 Å². The van der Waals surface area contributed by atoms with Gasteiger partial charge in [-0.1, -0.05) is 74.9 Å². The van der Waals surface area contributed by atoms with Crippen LogP contribution in [-0.2, 0) is 39.9 Å². The van der Waals surface area contributed by atoms with Crippen LogP contribution < -0.4 is 15.5 Å². The lowest BCUT2D eigenvalue weighted by Crippen LogP contribution is -2.36. The molecule has 0 saturated heterocycles. The number of carbonyl (C=O) groups excluding carboxylic acids is 3. The molecule has 1 atom stereocenters. The third kappa shape index (κ3) is 15.1. The Labute approximate surface area is 286 Å². The van der Waals surface area contributed by atoms with Crippen LogP contribution in [0.2, 0.25) is 0 Å². The van der Waals surface area contributed by atoms with Gasteiger partial charge in [-0.05, 0) is 48.4 Å². The highest BCUT2D eigenvalue weighted by Crippen LogP contribution is 2.29. The highest BCUT2D eigenvalue weighted by atomic mass is 16.6. The fraction of sp³-hybridized carbons (Fsp3) is 0.553. The van der Waals surface area contributed by atoms with Gasteiger partial charge in [0.15, 0.2) is 0 Å². The molecule has 2 aromatic carbocycles. The molecule has 264 valence electrons. The van der Waals surface area contributed by atoms with Gasteiger partial charge in [0.05, 0.1) is 65.1 Å². The Morgan fingerprint density at radius 3 is 1.90 bits per heavy atom. The Morgan fingerprint density at radius 1 is 0.667 bits per heavy atom. The standard InChI is InChI=1S/C38H55N3O7/c1-30(2)31(3)40-37(43)19-22-46-24-26-48-28-27-47-25-23-45-21-18-36(42)39-20-10-4-5-15-38(44)41-29-34-13-7-6-11-32(34)16-17-33-12-8-9-14-35(33)41/h6-9,11-14,16-17,30-31H,4-5,10,15,18-29H2,1-3H3,(H,39,42)(H,40,43)/b17-16-/t31-/m1/s1. The molecule has 1 aliphatic heterocycles. The van der Waals surface area contributed by atoms with Gasteiger partial charge in [0.25, 0.3) is 0 Å². The molecule has 0 bridgehead atoms. The summed E-state index contributed by atoms with van der Waals surface area (Å²) in [6.07, 6.45) is 7.74. The number of unbranched alkanes of at least 4 members (excludes halogenated alkanes) is 2. The second-order valence-corrected chi connectivity index (χ2v) is 12.3. The maximum Gasteiger partial charge on any atom is 0.227 e. The van der Waals surface area contributed by atoms with Crippen LogP contribution in [0.5, 0.6) is 0 Å². The van der Waals surface area contributed by atoms with E-state index in [9.17, 15) is 14.4 Å². The molecule has 2 N–H and O–H groups in total. The summed E-state index contributed by atoms with van der Waals surface area (Å²) in [6.45, 7) is 10.6. The van der Waals surface area contributed by atoms with E-state index in [4.69, 9.17) is 18.9 Å². The molecule has 0 unspecified atom stereocenters. The van der Waals surface area contributed by atoms with Crippen LogP contribution in [0, 0.1) is 5.92 Å². The number of rotatable bonds is 23. The Bertz CT molecular complexity index is 1280. The van der Waals surface area contributed by atoms with Gasteiger partial charge in [0, 0.05) is 31.8 Å². The number of para-hydroxylation sites is 1.